The van der Waals surface area contributed by atoms with Crippen molar-refractivity contribution in [2.45, 2.75) is 32.7 Å². The predicted octanol–water partition coefficient (Wildman–Crippen LogP) is 1.85. The number of aryl methyl sites for hydroxylation is 1. The molecule has 114 valence electrons. The lowest BCUT2D eigenvalue weighted by Gasteiger charge is -2.18. The van der Waals surface area contributed by atoms with Crippen LogP contribution in [0.2, 0.25) is 0 Å². The molecule has 1 rings (SSSR count). The second-order valence-corrected chi connectivity index (χ2v) is 4.97. The molecule has 0 radical (unpaired) electrons. The molecule has 1 unspecified atom stereocenters. The fraction of sp³-hybridized carbons (Fsp3) is 0.471. The highest BCUT2D eigenvalue weighted by molar-refractivity contribution is 5.97. The maximum Gasteiger partial charge on any atom is 0.252 e. The van der Waals surface area contributed by atoms with Crippen molar-refractivity contribution < 1.29 is 9.53 Å². The van der Waals surface area contributed by atoms with E-state index in [1.54, 1.807) is 7.11 Å². The number of hydrogen-bond donors (Lipinski definition) is 2. The van der Waals surface area contributed by atoms with E-state index < -0.39 is 0 Å². The minimum atomic E-state index is -0.115. The van der Waals surface area contributed by atoms with Gasteiger partial charge in [-0.15, -0.1) is 0 Å². The number of amides is 1. The summed E-state index contributed by atoms with van der Waals surface area (Å²) in [4.78, 5) is 12.5. The smallest absolute Gasteiger partial charge is 0.252 e. The summed E-state index contributed by atoms with van der Waals surface area (Å²) in [6, 6.07) is 5.67. The van der Waals surface area contributed by atoms with E-state index in [1.807, 2.05) is 25.1 Å². The number of nitrogens with one attached hydrogen (secondary N) is 1. The molecule has 4 heteroatoms. The molecule has 0 spiro atoms. The Balaban J connectivity index is 2.96. The van der Waals surface area contributed by atoms with Gasteiger partial charge in [-0.25, -0.2) is 0 Å². The first kappa shape index (κ1) is 17.2. The predicted molar refractivity (Wildman–Crippen MR) is 85.1 cm³/mol. The Kier molecular flexibility index (Phi) is 7.52. The van der Waals surface area contributed by atoms with Gasteiger partial charge in [-0.3, -0.25) is 4.79 Å². The number of methoxy groups -OCH3 is 1. The quantitative estimate of drug-likeness (QED) is 0.785. The first-order valence-corrected chi connectivity index (χ1v) is 7.21. The third-order valence-corrected chi connectivity index (χ3v) is 3.09. The van der Waals surface area contributed by atoms with E-state index in [-0.39, 0.29) is 18.5 Å². The Labute approximate surface area is 127 Å². The molecule has 0 aliphatic rings. The average Bonchev–Trinajstić information content (AvgIpc) is 2.46. The molecule has 0 aliphatic carbocycles. The summed E-state index contributed by atoms with van der Waals surface area (Å²) in [5.41, 5.74) is 7.72. The largest absolute Gasteiger partial charge is 0.383 e. The summed E-state index contributed by atoms with van der Waals surface area (Å²) < 4.78 is 5.15. The fourth-order valence-corrected chi connectivity index (χ4v) is 2.11. The lowest BCUT2D eigenvalue weighted by atomic mass is 10.0. The molecule has 21 heavy (non-hydrogen) atoms. The molecule has 0 heterocycles. The van der Waals surface area contributed by atoms with Crippen LogP contribution in [0.3, 0.4) is 0 Å². The summed E-state index contributed by atoms with van der Waals surface area (Å²) in [5, 5.41) is 3.02. The summed E-state index contributed by atoms with van der Waals surface area (Å²) in [5.74, 6) is 5.63. The van der Waals surface area contributed by atoms with Gasteiger partial charge in [-0.1, -0.05) is 36.8 Å². The number of ether oxygens (including phenoxy) is 1. The minimum Gasteiger partial charge on any atom is -0.383 e. The molecule has 0 saturated carbocycles. The van der Waals surface area contributed by atoms with E-state index in [9.17, 15) is 4.79 Å². The molecule has 1 aromatic rings. The standard InChI is InChI=1S/C17H24N2O2/c1-4-6-15(12-21-3)19-17(20)16-11-13(2)8-9-14(16)7-5-10-18/h8-9,11,15H,4,6,10,12,18H2,1-3H3,(H,19,20). The zero-order valence-electron chi connectivity index (χ0n) is 13.0. The van der Waals surface area contributed by atoms with Crippen LogP contribution >= 0.6 is 0 Å². The number of carbonyl (C=O) groups is 1. The van der Waals surface area contributed by atoms with Crippen LogP contribution in [0, 0.1) is 18.8 Å². The topological polar surface area (TPSA) is 64.3 Å². The van der Waals surface area contributed by atoms with Crippen molar-refractivity contribution in [3.63, 3.8) is 0 Å². The molecule has 0 aromatic heterocycles. The maximum absolute atomic E-state index is 12.5. The lowest BCUT2D eigenvalue weighted by molar-refractivity contribution is 0.0891. The van der Waals surface area contributed by atoms with Crippen LogP contribution in [0.15, 0.2) is 18.2 Å². The normalized spacial score (nSPS) is 11.4. The van der Waals surface area contributed by atoms with E-state index in [4.69, 9.17) is 10.5 Å². The lowest BCUT2D eigenvalue weighted by Crippen LogP contribution is -2.38. The van der Waals surface area contributed by atoms with Gasteiger partial charge in [0.25, 0.3) is 5.91 Å². The number of rotatable bonds is 6. The third kappa shape index (κ3) is 5.58. The fourth-order valence-electron chi connectivity index (χ4n) is 2.11. The summed E-state index contributed by atoms with van der Waals surface area (Å²) in [6.07, 6.45) is 1.87. The van der Waals surface area contributed by atoms with Gasteiger partial charge in [0, 0.05) is 12.7 Å². The van der Waals surface area contributed by atoms with Crippen LogP contribution in [-0.2, 0) is 4.74 Å². The Morgan fingerprint density at radius 1 is 1.48 bits per heavy atom. The molecular weight excluding hydrogens is 264 g/mol. The van der Waals surface area contributed by atoms with E-state index in [0.717, 1.165) is 18.4 Å². The van der Waals surface area contributed by atoms with Crippen molar-refractivity contribution in [2.24, 2.45) is 5.73 Å². The highest BCUT2D eigenvalue weighted by Crippen LogP contribution is 2.12. The SMILES string of the molecule is CCCC(COC)NC(=O)c1cc(C)ccc1C#CCN. The monoisotopic (exact) mass is 288 g/mol. The van der Waals surface area contributed by atoms with E-state index in [1.165, 1.54) is 0 Å². The van der Waals surface area contributed by atoms with Crippen LogP contribution in [0.5, 0.6) is 0 Å². The van der Waals surface area contributed by atoms with Gasteiger partial charge in [0.05, 0.1) is 24.8 Å². The van der Waals surface area contributed by atoms with Crippen LogP contribution in [0.25, 0.3) is 0 Å². The molecule has 1 aromatic carbocycles. The van der Waals surface area contributed by atoms with Crippen LogP contribution in [-0.4, -0.2) is 32.2 Å². The Bertz CT molecular complexity index is 523. The Morgan fingerprint density at radius 2 is 2.24 bits per heavy atom. The zero-order chi connectivity index (χ0) is 15.7. The summed E-state index contributed by atoms with van der Waals surface area (Å²) >= 11 is 0. The highest BCUT2D eigenvalue weighted by atomic mass is 16.5. The molecule has 0 bridgehead atoms. The molecular formula is C17H24N2O2. The molecule has 0 fully saturated rings. The maximum atomic E-state index is 12.5. The van der Waals surface area contributed by atoms with Crippen molar-refractivity contribution in [3.05, 3.63) is 34.9 Å². The van der Waals surface area contributed by atoms with Gasteiger partial charge < -0.3 is 15.8 Å². The minimum absolute atomic E-state index is 0.0170. The molecule has 4 nitrogen and oxygen atoms in total. The number of benzene rings is 1. The average molecular weight is 288 g/mol. The van der Waals surface area contributed by atoms with Crippen molar-refractivity contribution in [2.75, 3.05) is 20.3 Å². The Hall–Kier alpha value is -1.83. The van der Waals surface area contributed by atoms with Gasteiger partial charge in [0.15, 0.2) is 0 Å². The van der Waals surface area contributed by atoms with Crippen LogP contribution < -0.4 is 11.1 Å². The number of nitrogens with two attached hydrogens (primary N) is 1. The first-order valence-electron chi connectivity index (χ1n) is 7.21. The molecule has 1 atom stereocenters. The van der Waals surface area contributed by atoms with Gasteiger partial charge in [0.1, 0.15) is 0 Å². The van der Waals surface area contributed by atoms with Gasteiger partial charge in [-0.05, 0) is 25.5 Å². The van der Waals surface area contributed by atoms with E-state index in [0.29, 0.717) is 17.7 Å². The van der Waals surface area contributed by atoms with Crippen molar-refractivity contribution >= 4 is 5.91 Å². The Morgan fingerprint density at radius 3 is 2.86 bits per heavy atom. The second-order valence-electron chi connectivity index (χ2n) is 4.97. The molecule has 1 amide bonds. The number of carbonyl (C=O) groups excluding carboxylic acids is 1. The van der Waals surface area contributed by atoms with Gasteiger partial charge >= 0.3 is 0 Å². The first-order chi connectivity index (χ1) is 10.1. The van der Waals surface area contributed by atoms with Crippen molar-refractivity contribution in [3.8, 4) is 11.8 Å². The summed E-state index contributed by atoms with van der Waals surface area (Å²) in [6.45, 7) is 4.82. The molecule has 3 N–H and O–H groups in total. The highest BCUT2D eigenvalue weighted by Gasteiger charge is 2.15. The molecule has 0 aliphatic heterocycles. The summed E-state index contributed by atoms with van der Waals surface area (Å²) in [7, 11) is 1.64. The molecule has 0 saturated heterocycles. The third-order valence-electron chi connectivity index (χ3n) is 3.09. The van der Waals surface area contributed by atoms with E-state index in [2.05, 4.69) is 24.1 Å². The van der Waals surface area contributed by atoms with E-state index >= 15 is 0 Å². The second kappa shape index (κ2) is 9.17. The number of hydrogen-bond acceptors (Lipinski definition) is 3. The van der Waals surface area contributed by atoms with Crippen molar-refractivity contribution in [1.29, 1.82) is 0 Å². The van der Waals surface area contributed by atoms with Gasteiger partial charge in [0.2, 0.25) is 0 Å². The van der Waals surface area contributed by atoms with Crippen LogP contribution in [0.1, 0.15) is 41.3 Å². The van der Waals surface area contributed by atoms with Gasteiger partial charge in [-0.2, -0.15) is 0 Å². The zero-order valence-corrected chi connectivity index (χ0v) is 13.0. The van der Waals surface area contributed by atoms with Crippen molar-refractivity contribution in [1.82, 2.24) is 5.32 Å². The van der Waals surface area contributed by atoms with Crippen LogP contribution in [0.4, 0.5) is 0 Å².